The van der Waals surface area contributed by atoms with Crippen molar-refractivity contribution in [1.82, 2.24) is 9.55 Å². The summed E-state index contributed by atoms with van der Waals surface area (Å²) >= 11 is 2.96. The number of hydrogen-bond acceptors (Lipinski definition) is 6. The molecule has 0 amide bonds. The number of unbranched alkanes of at least 4 members (excludes halogenated alkanes) is 1. The van der Waals surface area contributed by atoms with Crippen molar-refractivity contribution in [2.24, 2.45) is 0 Å². The first-order chi connectivity index (χ1) is 13.7. The van der Waals surface area contributed by atoms with E-state index in [1.807, 2.05) is 13.8 Å². The first-order valence-corrected chi connectivity index (χ1v) is 12.3. The Balaban J connectivity index is 2.04. The zero-order valence-electron chi connectivity index (χ0n) is 16.4. The third kappa shape index (κ3) is 4.65. The van der Waals surface area contributed by atoms with E-state index in [4.69, 9.17) is 0 Å². The Kier molecular flexibility index (Phi) is 6.65. The standard InChI is InChI=1S/C19H22FN3O3S3/c1-12-6-8-15(9-7-12)29(25,26)22-17-16-18(27-11-5-4-10-20)28-14(3)13(2)23(16)19(24)21-17/h6-9H,4-5,10-11H2,1-3H3,(H,21,22,24). The van der Waals surface area contributed by atoms with E-state index >= 15 is 0 Å². The summed E-state index contributed by atoms with van der Waals surface area (Å²) in [5, 5.41) is 0. The molecule has 0 saturated carbocycles. The average Bonchev–Trinajstić information content (AvgIpc) is 2.98. The van der Waals surface area contributed by atoms with Crippen molar-refractivity contribution in [1.29, 1.82) is 0 Å². The lowest BCUT2D eigenvalue weighted by molar-refractivity contribution is 0.470. The predicted octanol–water partition coefficient (Wildman–Crippen LogP) is 4.30. The van der Waals surface area contributed by atoms with E-state index < -0.39 is 15.7 Å². The van der Waals surface area contributed by atoms with Gasteiger partial charge >= 0.3 is 5.69 Å². The highest BCUT2D eigenvalue weighted by Crippen LogP contribution is 2.38. The highest BCUT2D eigenvalue weighted by atomic mass is 32.2. The zero-order valence-corrected chi connectivity index (χ0v) is 18.8. The first-order valence-electron chi connectivity index (χ1n) is 9.05. The number of alkyl halides is 1. The molecule has 0 atom stereocenters. The van der Waals surface area contributed by atoms with Gasteiger partial charge in [-0.3, -0.25) is 13.7 Å². The molecule has 2 heterocycles. The molecule has 0 fully saturated rings. The fourth-order valence-electron chi connectivity index (χ4n) is 2.75. The number of sulfonamides is 1. The number of aryl methyl sites for hydroxylation is 2. The number of nitrogens with zero attached hydrogens (tertiary/aromatic N) is 2. The van der Waals surface area contributed by atoms with Gasteiger partial charge in [0.15, 0.2) is 5.82 Å². The number of rotatable bonds is 8. The summed E-state index contributed by atoms with van der Waals surface area (Å²) in [6.45, 7) is 5.21. The van der Waals surface area contributed by atoms with Crippen LogP contribution in [0.5, 0.6) is 0 Å². The molecule has 2 aliphatic rings. The van der Waals surface area contributed by atoms with Crippen LogP contribution in [0.25, 0.3) is 5.69 Å². The molecule has 0 aliphatic carbocycles. The minimum atomic E-state index is -3.90. The summed E-state index contributed by atoms with van der Waals surface area (Å²) in [6.07, 6.45) is 1.16. The van der Waals surface area contributed by atoms with Crippen molar-refractivity contribution in [3.63, 3.8) is 0 Å². The molecule has 10 heteroatoms. The lowest BCUT2D eigenvalue weighted by Crippen LogP contribution is -2.17. The molecule has 0 saturated heterocycles. The summed E-state index contributed by atoms with van der Waals surface area (Å²) in [4.78, 5) is 17.5. The van der Waals surface area contributed by atoms with E-state index in [9.17, 15) is 17.6 Å². The number of imidazole rings is 1. The van der Waals surface area contributed by atoms with Gasteiger partial charge in [0, 0.05) is 10.6 Å². The van der Waals surface area contributed by atoms with Gasteiger partial charge in [-0.05, 0) is 51.5 Å². The molecule has 0 bridgehead atoms. The van der Waals surface area contributed by atoms with Crippen molar-refractivity contribution in [3.8, 4) is 5.69 Å². The summed E-state index contributed by atoms with van der Waals surface area (Å²) in [5.74, 6) is 0.685. The topological polar surface area (TPSA) is 81.1 Å². The van der Waals surface area contributed by atoms with E-state index in [1.54, 1.807) is 19.1 Å². The van der Waals surface area contributed by atoms with Gasteiger partial charge in [-0.1, -0.05) is 17.7 Å². The lowest BCUT2D eigenvalue weighted by atomic mass is 10.2. The molecule has 1 aromatic carbocycles. The Morgan fingerprint density at radius 3 is 2.52 bits per heavy atom. The third-order valence-electron chi connectivity index (χ3n) is 4.45. The number of fused-ring (bicyclic) bond motifs is 1. The van der Waals surface area contributed by atoms with E-state index in [-0.39, 0.29) is 17.4 Å². The molecular formula is C19H22FN3O3S3. The lowest BCUT2D eigenvalue weighted by Gasteiger charge is -2.16. The van der Waals surface area contributed by atoms with Crippen LogP contribution in [0.4, 0.5) is 10.2 Å². The molecule has 1 aromatic rings. The zero-order chi connectivity index (χ0) is 21.2. The average molecular weight is 456 g/mol. The van der Waals surface area contributed by atoms with Crippen LogP contribution in [-0.2, 0) is 10.0 Å². The maximum atomic E-state index is 12.8. The van der Waals surface area contributed by atoms with E-state index in [1.165, 1.54) is 39.8 Å². The van der Waals surface area contributed by atoms with Crippen LogP contribution in [0.1, 0.15) is 29.0 Å². The molecule has 1 N–H and O–H groups in total. The van der Waals surface area contributed by atoms with Gasteiger partial charge in [0.1, 0.15) is 5.69 Å². The van der Waals surface area contributed by atoms with Crippen LogP contribution in [-0.4, -0.2) is 30.4 Å². The van der Waals surface area contributed by atoms with Crippen molar-refractivity contribution in [2.45, 2.75) is 42.7 Å². The number of hydrogen-bond donors (Lipinski definition) is 1. The Labute approximate surface area is 177 Å². The predicted molar refractivity (Wildman–Crippen MR) is 116 cm³/mol. The quantitative estimate of drug-likeness (QED) is 0.405. The Bertz CT molecular complexity index is 1140. The van der Waals surface area contributed by atoms with Crippen molar-refractivity contribution in [2.75, 3.05) is 17.1 Å². The Morgan fingerprint density at radius 1 is 1.17 bits per heavy atom. The molecule has 3 rings (SSSR count). The maximum Gasteiger partial charge on any atom is 0.354 e. The second-order valence-electron chi connectivity index (χ2n) is 6.62. The van der Waals surface area contributed by atoms with Gasteiger partial charge in [0.25, 0.3) is 10.0 Å². The largest absolute Gasteiger partial charge is 0.354 e. The second-order valence-corrected chi connectivity index (χ2v) is 10.9. The van der Waals surface area contributed by atoms with E-state index in [0.29, 0.717) is 24.3 Å². The molecule has 0 aromatic heterocycles. The van der Waals surface area contributed by atoms with Gasteiger partial charge in [-0.2, -0.15) is 4.98 Å². The molecule has 6 nitrogen and oxygen atoms in total. The number of halogens is 1. The summed E-state index contributed by atoms with van der Waals surface area (Å²) in [5.41, 5.74) is 1.58. The van der Waals surface area contributed by atoms with Gasteiger partial charge < -0.3 is 0 Å². The van der Waals surface area contributed by atoms with E-state index in [0.717, 1.165) is 20.3 Å². The van der Waals surface area contributed by atoms with Crippen LogP contribution < -0.4 is 10.4 Å². The van der Waals surface area contributed by atoms with Crippen LogP contribution >= 0.6 is 23.1 Å². The number of anilines is 1. The van der Waals surface area contributed by atoms with Gasteiger partial charge in [0.2, 0.25) is 0 Å². The minimum Gasteiger partial charge on any atom is -0.261 e. The van der Waals surface area contributed by atoms with Crippen LogP contribution in [0.3, 0.4) is 0 Å². The first kappa shape index (κ1) is 21.8. The Hall–Kier alpha value is -1.91. The summed E-state index contributed by atoms with van der Waals surface area (Å²) in [6, 6.07) is 6.44. The second kappa shape index (κ2) is 8.85. The number of benzene rings is 1. The molecule has 0 radical (unpaired) electrons. The highest BCUT2D eigenvalue weighted by molar-refractivity contribution is 8.01. The SMILES string of the molecule is Cc1ccc(S(=O)(=O)Nc2nc(=O)n3c(C)c(C)sc(SCCCCF)c2-3)cc1. The monoisotopic (exact) mass is 455 g/mol. The Morgan fingerprint density at radius 2 is 1.86 bits per heavy atom. The fraction of sp³-hybridized carbons (Fsp3) is 0.368. The number of nitrogens with one attached hydrogen (secondary N) is 1. The van der Waals surface area contributed by atoms with E-state index in [2.05, 4.69) is 9.71 Å². The summed E-state index contributed by atoms with van der Waals surface area (Å²) in [7, 11) is -3.90. The van der Waals surface area contributed by atoms with Crippen LogP contribution in [0.2, 0.25) is 0 Å². The van der Waals surface area contributed by atoms with Crippen molar-refractivity contribution >= 4 is 38.9 Å². The number of aromatic nitrogens is 2. The smallest absolute Gasteiger partial charge is 0.261 e. The molecule has 0 unspecified atom stereocenters. The molecule has 156 valence electrons. The molecule has 29 heavy (non-hydrogen) atoms. The maximum absolute atomic E-state index is 12.8. The number of thioether (sulfide) groups is 1. The minimum absolute atomic E-state index is 0.0166. The van der Waals surface area contributed by atoms with Gasteiger partial charge in [-0.15, -0.1) is 23.1 Å². The highest BCUT2D eigenvalue weighted by Gasteiger charge is 2.26. The summed E-state index contributed by atoms with van der Waals surface area (Å²) < 4.78 is 42.7. The fourth-order valence-corrected chi connectivity index (χ4v) is 6.28. The van der Waals surface area contributed by atoms with Crippen LogP contribution in [0.15, 0.2) is 38.2 Å². The normalized spacial score (nSPS) is 11.9. The van der Waals surface area contributed by atoms with Gasteiger partial charge in [0.05, 0.1) is 15.8 Å². The van der Waals surface area contributed by atoms with Crippen LogP contribution in [0, 0.1) is 20.8 Å². The molecule has 2 aliphatic heterocycles. The third-order valence-corrected chi connectivity index (χ3v) is 8.34. The molecular weight excluding hydrogens is 433 g/mol. The van der Waals surface area contributed by atoms with Crippen molar-refractivity contribution < 1.29 is 12.8 Å². The van der Waals surface area contributed by atoms with Crippen molar-refractivity contribution in [3.05, 3.63) is 50.9 Å². The van der Waals surface area contributed by atoms with Gasteiger partial charge in [-0.25, -0.2) is 13.2 Å². The molecule has 0 spiro atoms.